The highest BCUT2D eigenvalue weighted by Crippen LogP contribution is 2.21. The van der Waals surface area contributed by atoms with Crippen molar-refractivity contribution < 1.29 is 9.90 Å². The summed E-state index contributed by atoms with van der Waals surface area (Å²) in [5, 5.41) is 13.7. The summed E-state index contributed by atoms with van der Waals surface area (Å²) in [4.78, 5) is 10.3. The van der Waals surface area contributed by atoms with Crippen molar-refractivity contribution in [3.8, 4) is 0 Å². The topological polar surface area (TPSA) is 89.3 Å². The zero-order chi connectivity index (χ0) is 8.36. The molecule has 10 heavy (non-hydrogen) atoms. The Labute approximate surface area is 64.1 Å². The maximum Gasteiger partial charge on any atom is 0.321 e. The molecule has 4 nitrogen and oxygen atoms in total. The largest absolute Gasteiger partial charge is 0.480 e. The number of hydrogen-bond donors (Lipinski definition) is 3. The van der Waals surface area contributed by atoms with E-state index in [1.807, 2.05) is 0 Å². The number of nitrogens with two attached hydrogens (primary N) is 2. The van der Waals surface area contributed by atoms with Gasteiger partial charge in [-0.25, -0.2) is 0 Å². The second kappa shape index (κ2) is 3.23. The molecule has 0 aliphatic carbocycles. The highest BCUT2D eigenvalue weighted by Gasteiger charge is 2.31. The Morgan fingerprint density at radius 2 is 2.10 bits per heavy atom. The van der Waals surface area contributed by atoms with Gasteiger partial charge in [-0.15, -0.1) is 0 Å². The summed E-state index contributed by atoms with van der Waals surface area (Å²) in [5.74, 6) is -1.03. The molecule has 5 N–H and O–H groups in total. The molecule has 0 aliphatic rings. The van der Waals surface area contributed by atoms with Gasteiger partial charge in [-0.05, 0) is 13.8 Å². The maximum atomic E-state index is 10.3. The van der Waals surface area contributed by atoms with Crippen LogP contribution >= 0.6 is 11.9 Å². The molecule has 5 heteroatoms. The van der Waals surface area contributed by atoms with Crippen LogP contribution < -0.4 is 10.9 Å². The molecule has 0 amide bonds. The van der Waals surface area contributed by atoms with Gasteiger partial charge in [-0.2, -0.15) is 0 Å². The van der Waals surface area contributed by atoms with E-state index >= 15 is 0 Å². The molecular weight excluding hydrogens is 152 g/mol. The van der Waals surface area contributed by atoms with E-state index in [1.165, 1.54) is 0 Å². The lowest BCUT2D eigenvalue weighted by molar-refractivity contribution is -0.139. The molecule has 0 aromatic carbocycles. The molecule has 60 valence electrons. The van der Waals surface area contributed by atoms with E-state index in [0.29, 0.717) is 0 Å². The third-order valence-electron chi connectivity index (χ3n) is 1.32. The standard InChI is InChI=1S/C5H12N2O2S/c1-5(2,10-7)3(6)4(8)9/h3H,6-7H2,1-2H3,(H,8,9)/t3-/m1/s1. The first-order chi connectivity index (χ1) is 4.41. The lowest BCUT2D eigenvalue weighted by Gasteiger charge is -2.24. The van der Waals surface area contributed by atoms with E-state index in [1.54, 1.807) is 13.8 Å². The SMILES string of the molecule is CC(C)(SN)[C@H](N)C(=O)O. The summed E-state index contributed by atoms with van der Waals surface area (Å²) >= 11 is 0.958. The second-order valence-corrected chi connectivity index (χ2v) is 3.83. The molecule has 0 rings (SSSR count). The van der Waals surface area contributed by atoms with Crippen LogP contribution in [0.5, 0.6) is 0 Å². The Kier molecular flexibility index (Phi) is 3.14. The molecule has 0 saturated heterocycles. The number of carboxylic acids is 1. The predicted octanol–water partition coefficient (Wildman–Crippen LogP) is -0.216. The predicted molar refractivity (Wildman–Crippen MR) is 41.5 cm³/mol. The Morgan fingerprint density at radius 1 is 1.70 bits per heavy atom. The molecule has 0 aliphatic heterocycles. The Morgan fingerprint density at radius 3 is 2.20 bits per heavy atom. The molecule has 0 aromatic heterocycles. The molecule has 0 spiro atoms. The highest BCUT2D eigenvalue weighted by atomic mass is 32.2. The number of hydrogen-bond acceptors (Lipinski definition) is 4. The average Bonchev–Trinajstić information content (AvgIpc) is 1.86. The van der Waals surface area contributed by atoms with Gasteiger partial charge in [0.1, 0.15) is 6.04 Å². The van der Waals surface area contributed by atoms with Crippen molar-refractivity contribution in [3.63, 3.8) is 0 Å². The summed E-state index contributed by atoms with van der Waals surface area (Å²) in [6, 6.07) is -0.914. The third kappa shape index (κ3) is 2.17. The van der Waals surface area contributed by atoms with Crippen molar-refractivity contribution in [2.24, 2.45) is 10.9 Å². The summed E-state index contributed by atoms with van der Waals surface area (Å²) in [6.07, 6.45) is 0. The van der Waals surface area contributed by atoms with Crippen LogP contribution in [0, 0.1) is 0 Å². The van der Waals surface area contributed by atoms with E-state index in [-0.39, 0.29) is 0 Å². The number of carboxylic acid groups (broad SMARTS) is 1. The van der Waals surface area contributed by atoms with Crippen molar-refractivity contribution in [2.75, 3.05) is 0 Å². The lowest BCUT2D eigenvalue weighted by atomic mass is 10.1. The first kappa shape index (κ1) is 9.74. The van der Waals surface area contributed by atoms with Crippen LogP contribution in [0.2, 0.25) is 0 Å². The molecule has 0 unspecified atom stereocenters. The van der Waals surface area contributed by atoms with Crippen LogP contribution in [0.25, 0.3) is 0 Å². The van der Waals surface area contributed by atoms with E-state index in [2.05, 4.69) is 0 Å². The zero-order valence-corrected chi connectivity index (χ0v) is 6.81. The Bertz CT molecular complexity index is 138. The van der Waals surface area contributed by atoms with Gasteiger partial charge in [0.2, 0.25) is 0 Å². The zero-order valence-electron chi connectivity index (χ0n) is 6.00. The van der Waals surface area contributed by atoms with Crippen LogP contribution in [0.4, 0.5) is 0 Å². The second-order valence-electron chi connectivity index (χ2n) is 2.54. The van der Waals surface area contributed by atoms with E-state index in [0.717, 1.165) is 11.9 Å². The lowest BCUT2D eigenvalue weighted by Crippen LogP contribution is -2.47. The summed E-state index contributed by atoms with van der Waals surface area (Å²) < 4.78 is -0.605. The van der Waals surface area contributed by atoms with Crippen molar-refractivity contribution >= 4 is 17.9 Å². The molecule has 0 heterocycles. The molecule has 0 aromatic rings. The van der Waals surface area contributed by atoms with Gasteiger partial charge in [-0.3, -0.25) is 9.93 Å². The summed E-state index contributed by atoms with van der Waals surface area (Å²) in [7, 11) is 0. The first-order valence-electron chi connectivity index (χ1n) is 2.78. The molecule has 0 fully saturated rings. The molecule has 0 bridgehead atoms. The minimum atomic E-state index is -1.03. The van der Waals surface area contributed by atoms with Gasteiger partial charge in [0.25, 0.3) is 0 Å². The molecule has 1 atom stereocenters. The monoisotopic (exact) mass is 164 g/mol. The van der Waals surface area contributed by atoms with Crippen LogP contribution in [0.3, 0.4) is 0 Å². The van der Waals surface area contributed by atoms with Crippen molar-refractivity contribution in [1.82, 2.24) is 0 Å². The van der Waals surface area contributed by atoms with E-state index in [4.69, 9.17) is 16.0 Å². The first-order valence-corrected chi connectivity index (χ1v) is 3.66. The van der Waals surface area contributed by atoms with Crippen molar-refractivity contribution in [2.45, 2.75) is 24.6 Å². The van der Waals surface area contributed by atoms with Crippen LogP contribution in [-0.4, -0.2) is 21.9 Å². The van der Waals surface area contributed by atoms with E-state index < -0.39 is 16.8 Å². The van der Waals surface area contributed by atoms with Gasteiger partial charge >= 0.3 is 5.97 Å². The van der Waals surface area contributed by atoms with Crippen LogP contribution in [-0.2, 0) is 4.79 Å². The minimum absolute atomic E-state index is 0.605. The van der Waals surface area contributed by atoms with Gasteiger partial charge in [0, 0.05) is 0 Å². The van der Waals surface area contributed by atoms with Gasteiger partial charge in [0.15, 0.2) is 0 Å². The summed E-state index contributed by atoms with van der Waals surface area (Å²) in [5.41, 5.74) is 5.30. The molecule has 0 radical (unpaired) electrons. The molecular formula is C5H12N2O2S. The quantitative estimate of drug-likeness (QED) is 0.502. The van der Waals surface area contributed by atoms with E-state index in [9.17, 15) is 4.79 Å². The summed E-state index contributed by atoms with van der Waals surface area (Å²) in [6.45, 7) is 3.38. The van der Waals surface area contributed by atoms with Crippen LogP contribution in [0.15, 0.2) is 0 Å². The average molecular weight is 164 g/mol. The van der Waals surface area contributed by atoms with Crippen LogP contribution in [0.1, 0.15) is 13.8 Å². The molecule has 0 saturated carbocycles. The Balaban J connectivity index is 4.17. The minimum Gasteiger partial charge on any atom is -0.480 e. The normalized spacial score (nSPS) is 14.8. The number of aliphatic carboxylic acids is 1. The number of rotatable bonds is 3. The smallest absolute Gasteiger partial charge is 0.321 e. The van der Waals surface area contributed by atoms with Crippen molar-refractivity contribution in [3.05, 3.63) is 0 Å². The third-order valence-corrected chi connectivity index (χ3v) is 2.18. The fourth-order valence-electron chi connectivity index (χ4n) is 0.371. The van der Waals surface area contributed by atoms with Gasteiger partial charge in [-0.1, -0.05) is 11.9 Å². The Hall–Kier alpha value is -0.260. The van der Waals surface area contributed by atoms with Gasteiger partial charge in [0.05, 0.1) is 4.75 Å². The maximum absolute atomic E-state index is 10.3. The van der Waals surface area contributed by atoms with Gasteiger partial charge < -0.3 is 10.8 Å². The number of carbonyl (C=O) groups is 1. The fourth-order valence-corrected chi connectivity index (χ4v) is 0.618. The highest BCUT2D eigenvalue weighted by molar-refractivity contribution is 7.98. The van der Waals surface area contributed by atoms with Crippen molar-refractivity contribution in [1.29, 1.82) is 0 Å². The fraction of sp³-hybridized carbons (Fsp3) is 0.800.